The number of hydrogen-bond donors (Lipinski definition) is 2. The van der Waals surface area contributed by atoms with Gasteiger partial charge in [-0.1, -0.05) is 24.3 Å². The van der Waals surface area contributed by atoms with Crippen molar-refractivity contribution in [2.45, 2.75) is 19.1 Å². The number of aromatic nitrogens is 1. The van der Waals surface area contributed by atoms with Crippen LogP contribution in [0.15, 0.2) is 47.6 Å². The molecule has 2 aromatic rings. The van der Waals surface area contributed by atoms with Crippen LogP contribution in [0.4, 0.5) is 13.2 Å². The second-order valence-electron chi connectivity index (χ2n) is 5.79. The summed E-state index contributed by atoms with van der Waals surface area (Å²) in [4.78, 5) is 7.98. The first-order chi connectivity index (χ1) is 13.4. The first kappa shape index (κ1) is 24.8. The molecule has 1 aromatic carbocycles. The van der Waals surface area contributed by atoms with E-state index in [1.165, 1.54) is 6.20 Å². The number of halogens is 4. The Balaban J connectivity index is 0.00000420. The standard InChI is InChI=1S/C19H23F3N4O2.HI/c1-23-18(25-11-9-14-6-3-4-8-16(14)27-2)26-12-15-7-5-10-24-17(15)28-13-19(20,21)22;/h3-8,10H,9,11-13H2,1-2H3,(H2,23,25,26);1H. The number of methoxy groups -OCH3 is 1. The molecule has 0 saturated heterocycles. The minimum Gasteiger partial charge on any atom is -0.496 e. The van der Waals surface area contributed by atoms with Gasteiger partial charge in [0.15, 0.2) is 12.6 Å². The number of nitrogens with one attached hydrogen (secondary N) is 2. The van der Waals surface area contributed by atoms with Crippen LogP contribution in [0, 0.1) is 0 Å². The summed E-state index contributed by atoms with van der Waals surface area (Å²) in [6, 6.07) is 11.0. The van der Waals surface area contributed by atoms with Gasteiger partial charge in [0.2, 0.25) is 5.88 Å². The van der Waals surface area contributed by atoms with Crippen molar-refractivity contribution in [2.24, 2.45) is 4.99 Å². The van der Waals surface area contributed by atoms with Crippen molar-refractivity contribution in [2.75, 3.05) is 27.3 Å². The van der Waals surface area contributed by atoms with Gasteiger partial charge in [0.25, 0.3) is 0 Å². The van der Waals surface area contributed by atoms with E-state index >= 15 is 0 Å². The molecule has 0 bridgehead atoms. The topological polar surface area (TPSA) is 67.8 Å². The summed E-state index contributed by atoms with van der Waals surface area (Å²) in [7, 11) is 3.24. The van der Waals surface area contributed by atoms with Crippen LogP contribution in [-0.2, 0) is 13.0 Å². The SMILES string of the molecule is CN=C(NCCc1ccccc1OC)NCc1cccnc1OCC(F)(F)F.I. The Labute approximate surface area is 184 Å². The molecule has 0 unspecified atom stereocenters. The van der Waals surface area contributed by atoms with Gasteiger partial charge in [0.05, 0.1) is 7.11 Å². The smallest absolute Gasteiger partial charge is 0.422 e. The molecule has 160 valence electrons. The Kier molecular flexibility index (Phi) is 10.6. The number of guanidine groups is 1. The summed E-state index contributed by atoms with van der Waals surface area (Å²) < 4.78 is 47.2. The minimum absolute atomic E-state index is 0. The summed E-state index contributed by atoms with van der Waals surface area (Å²) in [6.45, 7) is -0.567. The molecule has 1 aromatic heterocycles. The van der Waals surface area contributed by atoms with Crippen molar-refractivity contribution in [1.82, 2.24) is 15.6 Å². The molecular formula is C19H24F3IN4O2. The van der Waals surface area contributed by atoms with Crippen LogP contribution in [0.3, 0.4) is 0 Å². The molecule has 0 aliphatic carbocycles. The number of nitrogens with zero attached hydrogens (tertiary/aromatic N) is 2. The number of ether oxygens (including phenoxy) is 2. The third-order valence-electron chi connectivity index (χ3n) is 3.77. The van der Waals surface area contributed by atoms with Crippen LogP contribution < -0.4 is 20.1 Å². The molecule has 0 aliphatic rings. The van der Waals surface area contributed by atoms with Crippen molar-refractivity contribution in [3.63, 3.8) is 0 Å². The van der Waals surface area contributed by atoms with Gasteiger partial charge in [-0.3, -0.25) is 4.99 Å². The summed E-state index contributed by atoms with van der Waals surface area (Å²) in [5.41, 5.74) is 1.56. The monoisotopic (exact) mass is 524 g/mol. The summed E-state index contributed by atoms with van der Waals surface area (Å²) in [5.74, 6) is 1.27. The highest BCUT2D eigenvalue weighted by molar-refractivity contribution is 14.0. The van der Waals surface area contributed by atoms with E-state index in [0.717, 1.165) is 17.7 Å². The average molecular weight is 524 g/mol. The molecule has 29 heavy (non-hydrogen) atoms. The lowest BCUT2D eigenvalue weighted by atomic mass is 10.1. The Morgan fingerprint density at radius 1 is 1.10 bits per heavy atom. The number of para-hydroxylation sites is 1. The lowest BCUT2D eigenvalue weighted by Crippen LogP contribution is -2.38. The quantitative estimate of drug-likeness (QED) is 0.314. The molecule has 0 saturated carbocycles. The highest BCUT2D eigenvalue weighted by atomic mass is 127. The number of pyridine rings is 1. The van der Waals surface area contributed by atoms with Crippen molar-refractivity contribution in [3.8, 4) is 11.6 Å². The molecule has 0 radical (unpaired) electrons. The second-order valence-corrected chi connectivity index (χ2v) is 5.79. The molecule has 10 heteroatoms. The van der Waals surface area contributed by atoms with Crippen LogP contribution in [0.5, 0.6) is 11.6 Å². The maximum absolute atomic E-state index is 12.4. The maximum atomic E-state index is 12.4. The highest BCUT2D eigenvalue weighted by Gasteiger charge is 2.29. The molecular weight excluding hydrogens is 500 g/mol. The van der Waals surface area contributed by atoms with Crippen LogP contribution in [0.25, 0.3) is 0 Å². The molecule has 0 amide bonds. The zero-order valence-corrected chi connectivity index (χ0v) is 18.5. The molecule has 0 aliphatic heterocycles. The Morgan fingerprint density at radius 2 is 1.83 bits per heavy atom. The van der Waals surface area contributed by atoms with E-state index in [1.807, 2.05) is 24.3 Å². The van der Waals surface area contributed by atoms with Crippen molar-refractivity contribution < 1.29 is 22.6 Å². The number of aliphatic imine (C=N–C) groups is 1. The van der Waals surface area contributed by atoms with Gasteiger partial charge < -0.3 is 20.1 Å². The van der Waals surface area contributed by atoms with Gasteiger partial charge in [0, 0.05) is 31.9 Å². The largest absolute Gasteiger partial charge is 0.496 e. The van der Waals surface area contributed by atoms with Gasteiger partial charge in [-0.15, -0.1) is 24.0 Å². The second kappa shape index (κ2) is 12.3. The lowest BCUT2D eigenvalue weighted by molar-refractivity contribution is -0.154. The van der Waals surface area contributed by atoms with E-state index in [1.54, 1.807) is 26.3 Å². The molecule has 1 heterocycles. The number of rotatable bonds is 8. The summed E-state index contributed by atoms with van der Waals surface area (Å²) in [6.07, 6.45) is -2.31. The minimum atomic E-state index is -4.42. The molecule has 2 rings (SSSR count). The normalized spacial score (nSPS) is 11.4. The maximum Gasteiger partial charge on any atom is 0.422 e. The Morgan fingerprint density at radius 3 is 2.52 bits per heavy atom. The van der Waals surface area contributed by atoms with Crippen LogP contribution >= 0.6 is 24.0 Å². The van der Waals surface area contributed by atoms with E-state index in [9.17, 15) is 13.2 Å². The summed E-state index contributed by atoms with van der Waals surface area (Å²) >= 11 is 0. The molecule has 6 nitrogen and oxygen atoms in total. The zero-order valence-electron chi connectivity index (χ0n) is 16.1. The van der Waals surface area contributed by atoms with E-state index in [0.29, 0.717) is 18.1 Å². The zero-order chi connectivity index (χ0) is 20.4. The Bertz CT molecular complexity index is 788. The van der Waals surface area contributed by atoms with Crippen LogP contribution in [-0.4, -0.2) is 44.4 Å². The van der Waals surface area contributed by atoms with Crippen LogP contribution in [0.2, 0.25) is 0 Å². The summed E-state index contributed by atoms with van der Waals surface area (Å²) in [5, 5.41) is 6.20. The van der Waals surface area contributed by atoms with Crippen LogP contribution in [0.1, 0.15) is 11.1 Å². The van der Waals surface area contributed by atoms with Gasteiger partial charge in [-0.05, 0) is 24.1 Å². The fraction of sp³-hybridized carbons (Fsp3) is 0.368. The number of alkyl halides is 3. The molecule has 0 atom stereocenters. The predicted octanol–water partition coefficient (Wildman–Crippen LogP) is 3.56. The van der Waals surface area contributed by atoms with Crippen molar-refractivity contribution >= 4 is 29.9 Å². The first-order valence-electron chi connectivity index (χ1n) is 8.63. The van der Waals surface area contributed by atoms with E-state index in [-0.39, 0.29) is 36.4 Å². The first-order valence-corrected chi connectivity index (χ1v) is 8.63. The fourth-order valence-electron chi connectivity index (χ4n) is 2.46. The number of hydrogen-bond acceptors (Lipinski definition) is 4. The van der Waals surface area contributed by atoms with E-state index in [2.05, 4.69) is 20.6 Å². The van der Waals surface area contributed by atoms with E-state index in [4.69, 9.17) is 9.47 Å². The fourth-order valence-corrected chi connectivity index (χ4v) is 2.46. The Hall–Kier alpha value is -2.24. The molecule has 0 spiro atoms. The van der Waals surface area contributed by atoms with Gasteiger partial charge in [-0.25, -0.2) is 4.98 Å². The van der Waals surface area contributed by atoms with E-state index < -0.39 is 12.8 Å². The van der Waals surface area contributed by atoms with Crippen molar-refractivity contribution in [1.29, 1.82) is 0 Å². The average Bonchev–Trinajstić information content (AvgIpc) is 2.69. The third-order valence-corrected chi connectivity index (χ3v) is 3.77. The lowest BCUT2D eigenvalue weighted by Gasteiger charge is -2.15. The van der Waals surface area contributed by atoms with Crippen molar-refractivity contribution in [3.05, 3.63) is 53.7 Å². The third kappa shape index (κ3) is 8.75. The predicted molar refractivity (Wildman–Crippen MR) is 116 cm³/mol. The molecule has 0 fully saturated rings. The van der Waals surface area contributed by atoms with Gasteiger partial charge in [0.1, 0.15) is 5.75 Å². The van der Waals surface area contributed by atoms with Gasteiger partial charge >= 0.3 is 6.18 Å². The highest BCUT2D eigenvalue weighted by Crippen LogP contribution is 2.20. The number of benzene rings is 1. The molecule has 2 N–H and O–H groups in total. The van der Waals surface area contributed by atoms with Gasteiger partial charge in [-0.2, -0.15) is 13.2 Å².